The Balaban J connectivity index is 2.95. The molecule has 0 heterocycles. The van der Waals surface area contributed by atoms with Crippen LogP contribution < -0.4 is 5.30 Å². The summed E-state index contributed by atoms with van der Waals surface area (Å²) in [6.07, 6.45) is 1.25. The van der Waals surface area contributed by atoms with Crippen molar-refractivity contribution in [2.45, 2.75) is 6.42 Å². The predicted octanol–water partition coefficient (Wildman–Crippen LogP) is 0.634. The number of hydrogen-bond donors (Lipinski definition) is 1. The highest BCUT2D eigenvalue weighted by atomic mass is 31.0. The molecule has 0 amide bonds. The van der Waals surface area contributed by atoms with Crippen LogP contribution in [0.25, 0.3) is 0 Å². The average molecular weight is 168 g/mol. The zero-order chi connectivity index (χ0) is 8.27. The van der Waals surface area contributed by atoms with Crippen LogP contribution in [0.1, 0.15) is 5.56 Å². The van der Waals surface area contributed by atoms with Gasteiger partial charge in [-0.15, -0.1) is 9.24 Å². The summed E-state index contributed by atoms with van der Waals surface area (Å²) >= 11 is 0. The van der Waals surface area contributed by atoms with Gasteiger partial charge in [0.1, 0.15) is 12.0 Å². The van der Waals surface area contributed by atoms with Gasteiger partial charge in [-0.25, -0.2) is 0 Å². The molecule has 0 fully saturated rings. The molecule has 1 aromatic carbocycles. The largest absolute Gasteiger partial charge is 0.507 e. The molecule has 0 radical (unpaired) electrons. The highest BCUT2D eigenvalue weighted by Gasteiger charge is 1.96. The van der Waals surface area contributed by atoms with Crippen molar-refractivity contribution in [3.05, 3.63) is 23.8 Å². The molecule has 3 heteroatoms. The topological polar surface area (TPSA) is 37.3 Å². The number of rotatable bonds is 2. The van der Waals surface area contributed by atoms with E-state index in [-0.39, 0.29) is 5.75 Å². The molecule has 1 rings (SSSR count). The number of aldehydes is 1. The molecule has 1 atom stereocenters. The van der Waals surface area contributed by atoms with Gasteiger partial charge in [-0.2, -0.15) is 0 Å². The zero-order valence-corrected chi connectivity index (χ0v) is 7.10. The van der Waals surface area contributed by atoms with E-state index in [1.807, 2.05) is 0 Å². The summed E-state index contributed by atoms with van der Waals surface area (Å²) in [5, 5.41) is 9.83. The summed E-state index contributed by atoms with van der Waals surface area (Å²) < 4.78 is 0. The molecule has 2 nitrogen and oxygen atoms in total. The van der Waals surface area contributed by atoms with E-state index in [0.29, 0.717) is 6.42 Å². The van der Waals surface area contributed by atoms with Crippen LogP contribution in [0.2, 0.25) is 0 Å². The minimum absolute atomic E-state index is 0.240. The second-order valence-electron chi connectivity index (χ2n) is 2.26. The predicted molar refractivity (Wildman–Crippen MR) is 47.2 cm³/mol. The first-order valence-corrected chi connectivity index (χ1v) is 3.83. The number of benzene rings is 1. The fourth-order valence-electron chi connectivity index (χ4n) is 0.827. The van der Waals surface area contributed by atoms with E-state index in [0.717, 1.165) is 17.2 Å². The summed E-state index contributed by atoms with van der Waals surface area (Å²) in [4.78, 5) is 10.1. The van der Waals surface area contributed by atoms with Crippen LogP contribution in [0, 0.1) is 0 Å². The monoisotopic (exact) mass is 168 g/mol. The van der Waals surface area contributed by atoms with Crippen LogP contribution in [0.3, 0.4) is 0 Å². The molecule has 0 spiro atoms. The van der Waals surface area contributed by atoms with Gasteiger partial charge < -0.3 is 9.90 Å². The van der Waals surface area contributed by atoms with Crippen molar-refractivity contribution in [1.29, 1.82) is 0 Å². The fraction of sp³-hybridized carbons (Fsp3) is 0.125. The summed E-state index contributed by atoms with van der Waals surface area (Å²) in [7, 11) is 2.41. The Labute approximate surface area is 67.4 Å². The van der Waals surface area contributed by atoms with E-state index in [4.69, 9.17) is 5.11 Å². The van der Waals surface area contributed by atoms with Gasteiger partial charge in [0.15, 0.2) is 0 Å². The van der Waals surface area contributed by atoms with Crippen molar-refractivity contribution in [2.75, 3.05) is 0 Å². The van der Waals surface area contributed by atoms with Crippen LogP contribution >= 0.6 is 9.24 Å². The van der Waals surface area contributed by atoms with Gasteiger partial charge >= 0.3 is 0 Å². The van der Waals surface area contributed by atoms with Gasteiger partial charge in [0, 0.05) is 11.7 Å². The van der Waals surface area contributed by atoms with Gasteiger partial charge in [-0.3, -0.25) is 0 Å². The van der Waals surface area contributed by atoms with Crippen molar-refractivity contribution in [3.63, 3.8) is 0 Å². The lowest BCUT2D eigenvalue weighted by Gasteiger charge is -1.99. The van der Waals surface area contributed by atoms with Gasteiger partial charge in [0.05, 0.1) is 0 Å². The number of aromatic hydroxyl groups is 1. The standard InChI is InChI=1S/C8H9O2P/c9-4-3-6-1-2-7(10)8(11)5-6/h1-2,4-5,10H,3,11H2. The van der Waals surface area contributed by atoms with Crippen molar-refractivity contribution in [2.24, 2.45) is 0 Å². The molecule has 1 aromatic rings. The lowest BCUT2D eigenvalue weighted by Crippen LogP contribution is -1.95. The molecule has 11 heavy (non-hydrogen) atoms. The number of phenols is 1. The second-order valence-corrected chi connectivity index (χ2v) is 2.89. The Morgan fingerprint density at radius 1 is 1.55 bits per heavy atom. The number of carbonyl (C=O) groups is 1. The summed E-state index contributed by atoms with van der Waals surface area (Å²) in [5.74, 6) is 0.240. The van der Waals surface area contributed by atoms with Crippen LogP contribution in [0.15, 0.2) is 18.2 Å². The highest BCUT2D eigenvalue weighted by Crippen LogP contribution is 2.10. The number of phenolic OH excluding ortho intramolecular Hbond substituents is 1. The highest BCUT2D eigenvalue weighted by molar-refractivity contribution is 7.27. The first-order valence-electron chi connectivity index (χ1n) is 3.25. The first-order chi connectivity index (χ1) is 5.24. The second kappa shape index (κ2) is 3.49. The van der Waals surface area contributed by atoms with Gasteiger partial charge in [0.2, 0.25) is 0 Å². The third-order valence-corrected chi connectivity index (χ3v) is 1.87. The van der Waals surface area contributed by atoms with E-state index < -0.39 is 0 Å². The Hall–Kier alpha value is -0.880. The molecule has 0 aliphatic heterocycles. The molecule has 0 aromatic heterocycles. The van der Waals surface area contributed by atoms with E-state index in [1.54, 1.807) is 18.2 Å². The molecule has 0 saturated heterocycles. The van der Waals surface area contributed by atoms with Crippen molar-refractivity contribution >= 4 is 20.8 Å². The van der Waals surface area contributed by atoms with Gasteiger partial charge in [-0.1, -0.05) is 6.07 Å². The Morgan fingerprint density at radius 2 is 2.27 bits per heavy atom. The number of carbonyl (C=O) groups excluding carboxylic acids is 1. The summed E-state index contributed by atoms with van der Waals surface area (Å²) in [6, 6.07) is 5.09. The molecule has 58 valence electrons. The third kappa shape index (κ3) is 2.02. The lowest BCUT2D eigenvalue weighted by atomic mass is 10.2. The van der Waals surface area contributed by atoms with Gasteiger partial charge in [0.25, 0.3) is 0 Å². The van der Waals surface area contributed by atoms with E-state index in [2.05, 4.69) is 9.24 Å². The van der Waals surface area contributed by atoms with Crippen molar-refractivity contribution in [1.82, 2.24) is 0 Å². The fourth-order valence-corrected chi connectivity index (χ4v) is 1.14. The zero-order valence-electron chi connectivity index (χ0n) is 5.95. The smallest absolute Gasteiger partial charge is 0.124 e. The average Bonchev–Trinajstić information content (AvgIpc) is 1.98. The molecule has 1 unspecified atom stereocenters. The molecular weight excluding hydrogens is 159 g/mol. The Kier molecular flexibility index (Phi) is 2.61. The van der Waals surface area contributed by atoms with E-state index >= 15 is 0 Å². The van der Waals surface area contributed by atoms with Crippen LogP contribution in [-0.2, 0) is 11.2 Å². The lowest BCUT2D eigenvalue weighted by molar-refractivity contribution is -0.107. The van der Waals surface area contributed by atoms with Crippen molar-refractivity contribution in [3.8, 4) is 5.75 Å². The van der Waals surface area contributed by atoms with Crippen LogP contribution in [0.4, 0.5) is 0 Å². The summed E-state index contributed by atoms with van der Waals surface area (Å²) in [6.45, 7) is 0. The molecule has 0 bridgehead atoms. The SMILES string of the molecule is O=CCc1ccc(O)c(P)c1. The number of hydrogen-bond acceptors (Lipinski definition) is 2. The molecule has 1 N–H and O–H groups in total. The Bertz CT molecular complexity index is 271. The van der Waals surface area contributed by atoms with Crippen LogP contribution in [0.5, 0.6) is 5.75 Å². The maximum absolute atomic E-state index is 10.1. The minimum Gasteiger partial charge on any atom is -0.507 e. The van der Waals surface area contributed by atoms with E-state index in [9.17, 15) is 4.79 Å². The van der Waals surface area contributed by atoms with Crippen molar-refractivity contribution < 1.29 is 9.90 Å². The van der Waals surface area contributed by atoms with Crippen LogP contribution in [-0.4, -0.2) is 11.4 Å². The van der Waals surface area contributed by atoms with Gasteiger partial charge in [-0.05, 0) is 17.7 Å². The quantitative estimate of drug-likeness (QED) is 0.519. The minimum atomic E-state index is 0.240. The van der Waals surface area contributed by atoms with E-state index in [1.165, 1.54) is 0 Å². The Morgan fingerprint density at radius 3 is 2.82 bits per heavy atom. The maximum atomic E-state index is 10.1. The molecule has 0 aliphatic rings. The molecule has 0 saturated carbocycles. The molecular formula is C8H9O2P. The maximum Gasteiger partial charge on any atom is 0.124 e. The summed E-state index contributed by atoms with van der Waals surface area (Å²) in [5.41, 5.74) is 0.919. The first kappa shape index (κ1) is 8.22. The normalized spacial score (nSPS) is 9.55. The molecule has 0 aliphatic carbocycles. The third-order valence-electron chi connectivity index (χ3n) is 1.41.